The number of hydrogen-bond donors (Lipinski definition) is 0. The van der Waals surface area contributed by atoms with Crippen molar-refractivity contribution in [2.45, 2.75) is 0 Å². The number of hydrogen-bond acceptors (Lipinski definition) is 0. The first-order valence-corrected chi connectivity index (χ1v) is 0. The van der Waals surface area contributed by atoms with Gasteiger partial charge >= 0.3 is 53.6 Å². The van der Waals surface area contributed by atoms with Crippen LogP contribution in [0.5, 0.6) is 0 Å². The van der Waals surface area contributed by atoms with Gasteiger partial charge < -0.3 is 11.0 Å². The predicted molar refractivity (Wildman–Crippen MR) is 7.13 cm³/mol. The van der Waals surface area contributed by atoms with Crippen LogP contribution in [0.1, 0.15) is 0 Å². The Morgan fingerprint density at radius 2 is 0.800 bits per heavy atom. The molecule has 2 nitrogen and oxygen atoms in total. The van der Waals surface area contributed by atoms with E-state index in [1.54, 1.807) is 0 Å². The van der Waals surface area contributed by atoms with E-state index in [0.717, 1.165) is 0 Å². The molecule has 0 atom stereocenters. The van der Waals surface area contributed by atoms with Crippen LogP contribution in [0.2, 0.25) is 0 Å². The van der Waals surface area contributed by atoms with Crippen molar-refractivity contribution < 1.29 is 47.2 Å². The summed E-state index contributed by atoms with van der Waals surface area (Å²) >= 11 is 0. The van der Waals surface area contributed by atoms with Gasteiger partial charge in [0.2, 0.25) is 0 Å². The van der Waals surface area contributed by atoms with Gasteiger partial charge in [-0.3, -0.25) is 0 Å². The molecule has 0 rings (SSSR count). The van der Waals surface area contributed by atoms with Crippen molar-refractivity contribution in [2.24, 2.45) is 0 Å². The summed E-state index contributed by atoms with van der Waals surface area (Å²) in [5, 5.41) is 0. The zero-order valence-corrected chi connectivity index (χ0v) is 7.60. The van der Waals surface area contributed by atoms with E-state index in [2.05, 4.69) is 0 Å². The van der Waals surface area contributed by atoms with Crippen molar-refractivity contribution in [1.29, 1.82) is 0 Å². The van der Waals surface area contributed by atoms with Gasteiger partial charge in [0.25, 0.3) is 0 Å². The van der Waals surface area contributed by atoms with E-state index in [-0.39, 0.29) is 64.6 Å². The molecular formula is AlCoO2Zn+3. The van der Waals surface area contributed by atoms with Crippen LogP contribution in [0.25, 0.3) is 0 Å². The van der Waals surface area contributed by atoms with Crippen LogP contribution < -0.4 is 0 Å². The quantitative estimate of drug-likeness (QED) is 0.449. The number of rotatable bonds is 0. The Morgan fingerprint density at radius 3 is 0.800 bits per heavy atom. The maximum Gasteiger partial charge on any atom is 3.00 e. The molecule has 23 valence electrons. The summed E-state index contributed by atoms with van der Waals surface area (Å²) in [5.74, 6) is 0. The minimum atomic E-state index is 0. The Labute approximate surface area is 64.4 Å². The first-order valence-electron chi connectivity index (χ1n) is 0. The molecule has 0 aliphatic carbocycles. The third-order valence-corrected chi connectivity index (χ3v) is 0. The van der Waals surface area contributed by atoms with Crippen LogP contribution in [0.3, 0.4) is 0 Å². The Balaban J connectivity index is 0. The van der Waals surface area contributed by atoms with E-state index in [1.165, 1.54) is 0 Å². The predicted octanol–water partition coefficient (Wildman–Crippen LogP) is -0.623. The summed E-state index contributed by atoms with van der Waals surface area (Å²) in [6, 6.07) is 0. The molecule has 0 saturated heterocycles. The average Bonchev–Trinajstić information content (AvgIpc) is 0. The first-order chi connectivity index (χ1) is 0. The van der Waals surface area contributed by atoms with Crippen molar-refractivity contribution in [3.63, 3.8) is 0 Å². The van der Waals surface area contributed by atoms with E-state index in [4.69, 9.17) is 0 Å². The normalized spacial score (nSPS) is 0. The fourth-order valence-corrected chi connectivity index (χ4v) is 0. The molecule has 0 aliphatic rings. The summed E-state index contributed by atoms with van der Waals surface area (Å²) in [6.07, 6.45) is 0. The van der Waals surface area contributed by atoms with E-state index in [9.17, 15) is 0 Å². The van der Waals surface area contributed by atoms with Gasteiger partial charge in [0, 0.05) is 0 Å². The van der Waals surface area contributed by atoms with Crippen LogP contribution in [0.15, 0.2) is 0 Å². The van der Waals surface area contributed by atoms with Crippen molar-refractivity contribution in [2.75, 3.05) is 0 Å². The Hall–Kier alpha value is 1.58. The molecule has 0 heterocycles. The maximum atomic E-state index is 0. The van der Waals surface area contributed by atoms with Gasteiger partial charge in [-0.2, -0.15) is 0 Å². The maximum absolute atomic E-state index is 0. The van der Waals surface area contributed by atoms with Gasteiger partial charge in [0.05, 0.1) is 0 Å². The molecular weight excluding hydrogens is 183 g/mol. The van der Waals surface area contributed by atoms with E-state index < -0.39 is 0 Å². The van der Waals surface area contributed by atoms with Gasteiger partial charge in [-0.1, -0.05) is 0 Å². The summed E-state index contributed by atoms with van der Waals surface area (Å²) < 4.78 is 0. The SMILES string of the molecule is [Al+3].[Co+2].[O-2].[O-2].[Zn+2]. The van der Waals surface area contributed by atoms with Crippen molar-refractivity contribution in [3.8, 4) is 0 Å². The Bertz CT molecular complexity index is 9.61. The molecule has 0 unspecified atom stereocenters. The summed E-state index contributed by atoms with van der Waals surface area (Å²) in [7, 11) is 0. The second-order valence-electron chi connectivity index (χ2n) is 0. The van der Waals surface area contributed by atoms with Gasteiger partial charge in [-0.15, -0.1) is 0 Å². The molecule has 0 aromatic carbocycles. The van der Waals surface area contributed by atoms with E-state index in [0.29, 0.717) is 0 Å². The Morgan fingerprint density at radius 1 is 0.800 bits per heavy atom. The van der Waals surface area contributed by atoms with Crippen LogP contribution in [0.4, 0.5) is 0 Å². The molecule has 0 bridgehead atoms. The van der Waals surface area contributed by atoms with Crippen LogP contribution in [0, 0.1) is 0 Å². The standard InChI is InChI=1S/Al.Co.2O.Zn/q+3;+2;2*-2;+2. The molecule has 5 heavy (non-hydrogen) atoms. The topological polar surface area (TPSA) is 57.0 Å². The van der Waals surface area contributed by atoms with Crippen molar-refractivity contribution >= 4 is 17.4 Å². The van der Waals surface area contributed by atoms with Gasteiger partial charge in [-0.05, 0) is 0 Å². The first kappa shape index (κ1) is 81.9. The van der Waals surface area contributed by atoms with Crippen LogP contribution in [-0.2, 0) is 47.2 Å². The zero-order valence-electron chi connectivity index (χ0n) is 2.43. The van der Waals surface area contributed by atoms with E-state index >= 15 is 0 Å². The summed E-state index contributed by atoms with van der Waals surface area (Å²) in [6.45, 7) is 0. The monoisotopic (exact) mass is 182 g/mol. The van der Waals surface area contributed by atoms with Crippen LogP contribution in [-0.4, -0.2) is 17.4 Å². The van der Waals surface area contributed by atoms with Crippen LogP contribution >= 0.6 is 0 Å². The average molecular weight is 183 g/mol. The Kier molecular flexibility index (Phi) is 767. The molecule has 0 amide bonds. The van der Waals surface area contributed by atoms with Gasteiger partial charge in [-0.25, -0.2) is 0 Å². The molecule has 0 aliphatic heterocycles. The molecule has 0 fully saturated rings. The minimum Gasteiger partial charge on any atom is -2.00 e. The van der Waals surface area contributed by atoms with Gasteiger partial charge in [0.1, 0.15) is 0 Å². The second-order valence-corrected chi connectivity index (χ2v) is 0. The zero-order chi connectivity index (χ0) is 0. The molecule has 0 N–H and O–H groups in total. The smallest absolute Gasteiger partial charge is 2.00 e. The molecule has 0 spiro atoms. The summed E-state index contributed by atoms with van der Waals surface area (Å²) in [4.78, 5) is 0. The summed E-state index contributed by atoms with van der Waals surface area (Å²) in [5.41, 5.74) is 0. The fourth-order valence-electron chi connectivity index (χ4n) is 0. The largest absolute Gasteiger partial charge is 3.00 e. The van der Waals surface area contributed by atoms with E-state index in [1.807, 2.05) is 0 Å². The fraction of sp³-hybridized carbons (Fsp3) is 0. The molecule has 0 aromatic rings. The van der Waals surface area contributed by atoms with Gasteiger partial charge in [0.15, 0.2) is 0 Å². The minimum absolute atomic E-state index is 0. The molecule has 1 radical (unpaired) electrons. The third kappa shape index (κ3) is 28.6. The molecule has 0 aromatic heterocycles. The second kappa shape index (κ2) is 46.8. The molecule has 0 saturated carbocycles. The van der Waals surface area contributed by atoms with Crippen molar-refractivity contribution in [1.82, 2.24) is 0 Å². The third-order valence-electron chi connectivity index (χ3n) is 0. The molecule has 5 heteroatoms. The van der Waals surface area contributed by atoms with Crippen molar-refractivity contribution in [3.05, 3.63) is 0 Å².